The van der Waals surface area contributed by atoms with E-state index in [0.717, 1.165) is 49.0 Å². The van der Waals surface area contributed by atoms with Crippen molar-refractivity contribution in [2.45, 2.75) is 82.8 Å². The second kappa shape index (κ2) is 13.9. The number of aryl methyl sites for hydroxylation is 1. The van der Waals surface area contributed by atoms with Gasteiger partial charge >= 0.3 is 5.97 Å². The molecule has 0 unspecified atom stereocenters. The van der Waals surface area contributed by atoms with Crippen LogP contribution in [0.5, 0.6) is 0 Å². The number of nitrogens with zero attached hydrogens (tertiary/aromatic N) is 3. The van der Waals surface area contributed by atoms with Gasteiger partial charge in [-0.15, -0.1) is 21.5 Å². The van der Waals surface area contributed by atoms with Gasteiger partial charge in [-0.25, -0.2) is 9.18 Å². The first-order chi connectivity index (χ1) is 19.3. The molecule has 1 aromatic carbocycles. The van der Waals surface area contributed by atoms with Crippen LogP contribution in [0, 0.1) is 5.82 Å². The molecule has 4 rings (SSSR count). The van der Waals surface area contributed by atoms with Crippen LogP contribution in [0.3, 0.4) is 0 Å². The minimum Gasteiger partial charge on any atom is -0.462 e. The van der Waals surface area contributed by atoms with Gasteiger partial charge in [0, 0.05) is 17.0 Å². The molecule has 0 bridgehead atoms. The van der Waals surface area contributed by atoms with Gasteiger partial charge < -0.3 is 19.9 Å². The van der Waals surface area contributed by atoms with Gasteiger partial charge in [0.2, 0.25) is 5.91 Å². The standard InChI is InChI=1S/C28H34FN5O4S2/c1-4-6-14-34-22(16-30-25(36)18-10-9-11-19(29)15-18)32-33-28(34)39-17(3)24(35)31-26-23(27(37)38-5-2)20-12-7-8-13-21(20)40-26/h9-11,15,17H,4-8,12-14,16H2,1-3H3,(H,30,36)(H,31,35)/t17-/m1/s1. The number of ether oxygens (including phenoxy) is 1. The number of halogens is 1. The number of unbranched alkanes of at least 4 members (excludes halogenated alkanes) is 1. The lowest BCUT2D eigenvalue weighted by molar-refractivity contribution is -0.115. The number of anilines is 1. The first-order valence-electron chi connectivity index (χ1n) is 13.6. The number of thioether (sulfide) groups is 1. The minimum absolute atomic E-state index is 0.108. The molecule has 40 heavy (non-hydrogen) atoms. The predicted octanol–water partition coefficient (Wildman–Crippen LogP) is 5.38. The Kier molecular flexibility index (Phi) is 10.3. The third-order valence-corrected chi connectivity index (χ3v) is 8.85. The van der Waals surface area contributed by atoms with Crippen LogP contribution >= 0.6 is 23.1 Å². The molecule has 2 aromatic heterocycles. The number of carbonyl (C=O) groups is 3. The van der Waals surface area contributed by atoms with E-state index in [0.29, 0.717) is 28.1 Å². The largest absolute Gasteiger partial charge is 0.462 e. The zero-order valence-electron chi connectivity index (χ0n) is 22.9. The lowest BCUT2D eigenvalue weighted by atomic mass is 9.95. The Bertz CT molecular complexity index is 1370. The van der Waals surface area contributed by atoms with Crippen molar-refractivity contribution in [2.75, 3.05) is 11.9 Å². The number of fused-ring (bicyclic) bond motifs is 1. The number of carbonyl (C=O) groups excluding carboxylic acids is 3. The van der Waals surface area contributed by atoms with Crippen LogP contribution in [0.25, 0.3) is 0 Å². The van der Waals surface area contributed by atoms with Crippen molar-refractivity contribution in [2.24, 2.45) is 0 Å². The summed E-state index contributed by atoms with van der Waals surface area (Å²) in [6.45, 7) is 6.61. The van der Waals surface area contributed by atoms with Gasteiger partial charge in [-0.05, 0) is 69.7 Å². The van der Waals surface area contributed by atoms with Crippen molar-refractivity contribution < 1.29 is 23.5 Å². The van der Waals surface area contributed by atoms with E-state index in [1.807, 2.05) is 4.57 Å². The van der Waals surface area contributed by atoms with Gasteiger partial charge in [-0.3, -0.25) is 9.59 Å². The first kappa shape index (κ1) is 29.7. The molecule has 3 aromatic rings. The molecule has 12 heteroatoms. The highest BCUT2D eigenvalue weighted by Gasteiger charge is 2.29. The number of aromatic nitrogens is 3. The van der Waals surface area contributed by atoms with Gasteiger partial charge in [0.15, 0.2) is 11.0 Å². The Balaban J connectivity index is 1.46. The van der Waals surface area contributed by atoms with Crippen LogP contribution in [0.2, 0.25) is 0 Å². The Morgan fingerprint density at radius 1 is 1.20 bits per heavy atom. The SMILES string of the molecule is CCCCn1c(CNC(=O)c2cccc(F)c2)nnc1S[C@H](C)C(=O)Nc1sc2c(c1C(=O)OCC)CCCC2. The summed E-state index contributed by atoms with van der Waals surface area (Å²) in [7, 11) is 0. The first-order valence-corrected chi connectivity index (χ1v) is 15.3. The minimum atomic E-state index is -0.534. The molecule has 1 aliphatic carbocycles. The summed E-state index contributed by atoms with van der Waals surface area (Å²) in [6.07, 6.45) is 5.57. The van der Waals surface area contributed by atoms with Crippen molar-refractivity contribution in [3.63, 3.8) is 0 Å². The van der Waals surface area contributed by atoms with Gasteiger partial charge in [-0.1, -0.05) is 31.2 Å². The van der Waals surface area contributed by atoms with E-state index in [1.165, 1.54) is 41.3 Å². The molecule has 0 spiro atoms. The van der Waals surface area contributed by atoms with Crippen molar-refractivity contribution >= 4 is 45.9 Å². The summed E-state index contributed by atoms with van der Waals surface area (Å²) in [5.74, 6) is -1.00. The molecule has 0 radical (unpaired) electrons. The number of benzene rings is 1. The normalized spacial score (nSPS) is 13.4. The van der Waals surface area contributed by atoms with Crippen molar-refractivity contribution in [1.82, 2.24) is 20.1 Å². The summed E-state index contributed by atoms with van der Waals surface area (Å²) in [5, 5.41) is 14.9. The number of esters is 1. The second-order valence-electron chi connectivity index (χ2n) is 9.48. The zero-order chi connectivity index (χ0) is 28.6. The topological polar surface area (TPSA) is 115 Å². The maximum absolute atomic E-state index is 13.5. The fourth-order valence-corrected chi connectivity index (χ4v) is 6.64. The van der Waals surface area contributed by atoms with Gasteiger partial charge in [0.1, 0.15) is 10.8 Å². The quantitative estimate of drug-likeness (QED) is 0.216. The average molecular weight is 588 g/mol. The molecule has 1 atom stereocenters. The predicted molar refractivity (Wildman–Crippen MR) is 153 cm³/mol. The molecule has 0 fully saturated rings. The summed E-state index contributed by atoms with van der Waals surface area (Å²) >= 11 is 2.72. The maximum atomic E-state index is 13.5. The molecular weight excluding hydrogens is 553 g/mol. The fourth-order valence-electron chi connectivity index (χ4n) is 4.47. The average Bonchev–Trinajstić information content (AvgIpc) is 3.50. The van der Waals surface area contributed by atoms with Crippen LogP contribution in [0.4, 0.5) is 9.39 Å². The lowest BCUT2D eigenvalue weighted by Gasteiger charge is -2.14. The third kappa shape index (κ3) is 7.08. The zero-order valence-corrected chi connectivity index (χ0v) is 24.6. The van der Waals surface area contributed by atoms with E-state index < -0.39 is 22.9 Å². The highest BCUT2D eigenvalue weighted by Crippen LogP contribution is 2.39. The van der Waals surface area contributed by atoms with E-state index in [4.69, 9.17) is 4.74 Å². The number of rotatable bonds is 12. The summed E-state index contributed by atoms with van der Waals surface area (Å²) in [4.78, 5) is 39.7. The molecular formula is C28H34FN5O4S2. The van der Waals surface area contributed by atoms with Crippen LogP contribution < -0.4 is 10.6 Å². The number of hydrogen-bond donors (Lipinski definition) is 2. The van der Waals surface area contributed by atoms with E-state index in [9.17, 15) is 18.8 Å². The molecule has 2 amide bonds. The van der Waals surface area contributed by atoms with Crippen molar-refractivity contribution in [3.05, 3.63) is 57.5 Å². The van der Waals surface area contributed by atoms with Gasteiger partial charge in [-0.2, -0.15) is 0 Å². The highest BCUT2D eigenvalue weighted by molar-refractivity contribution is 8.00. The van der Waals surface area contributed by atoms with E-state index in [-0.39, 0.29) is 24.6 Å². The maximum Gasteiger partial charge on any atom is 0.341 e. The van der Waals surface area contributed by atoms with Gasteiger partial charge in [0.25, 0.3) is 5.91 Å². The number of thiophene rings is 1. The van der Waals surface area contributed by atoms with Crippen LogP contribution in [-0.2, 0) is 35.5 Å². The monoisotopic (exact) mass is 587 g/mol. The third-order valence-electron chi connectivity index (χ3n) is 6.56. The fraction of sp³-hybridized carbons (Fsp3) is 0.464. The van der Waals surface area contributed by atoms with Crippen LogP contribution in [0.1, 0.15) is 83.4 Å². The van der Waals surface area contributed by atoms with Gasteiger partial charge in [0.05, 0.1) is 24.0 Å². The summed E-state index contributed by atoms with van der Waals surface area (Å²) in [5.41, 5.74) is 1.70. The molecule has 0 saturated heterocycles. The Morgan fingerprint density at radius 2 is 2.00 bits per heavy atom. The molecule has 2 heterocycles. The molecule has 9 nitrogen and oxygen atoms in total. The molecule has 0 aliphatic heterocycles. The summed E-state index contributed by atoms with van der Waals surface area (Å²) < 4.78 is 20.7. The smallest absolute Gasteiger partial charge is 0.341 e. The van der Waals surface area contributed by atoms with E-state index in [2.05, 4.69) is 27.8 Å². The lowest BCUT2D eigenvalue weighted by Crippen LogP contribution is -2.25. The molecule has 214 valence electrons. The van der Waals surface area contributed by atoms with E-state index >= 15 is 0 Å². The van der Waals surface area contributed by atoms with Crippen molar-refractivity contribution in [1.29, 1.82) is 0 Å². The Labute approximate surface area is 241 Å². The molecule has 0 saturated carbocycles. The highest BCUT2D eigenvalue weighted by atomic mass is 32.2. The Morgan fingerprint density at radius 3 is 2.75 bits per heavy atom. The second-order valence-corrected chi connectivity index (χ2v) is 11.9. The van der Waals surface area contributed by atoms with Crippen LogP contribution in [0.15, 0.2) is 29.4 Å². The van der Waals surface area contributed by atoms with Crippen LogP contribution in [-0.4, -0.2) is 44.4 Å². The molecule has 1 aliphatic rings. The molecule has 2 N–H and O–H groups in total. The number of hydrogen-bond acceptors (Lipinski definition) is 8. The Hall–Kier alpha value is -3.25. The number of amides is 2. The van der Waals surface area contributed by atoms with Crippen molar-refractivity contribution in [3.8, 4) is 0 Å². The van der Waals surface area contributed by atoms with E-state index in [1.54, 1.807) is 19.9 Å². The summed E-state index contributed by atoms with van der Waals surface area (Å²) in [6, 6.07) is 5.48. The number of nitrogens with one attached hydrogen (secondary N) is 2.